The molecule has 0 aliphatic carbocycles. The van der Waals surface area contributed by atoms with E-state index in [1.807, 2.05) is 54.6 Å². The molecule has 1 fully saturated rings. The maximum atomic E-state index is 12.9. The second kappa shape index (κ2) is 7.17. The van der Waals surface area contributed by atoms with Crippen LogP contribution in [-0.4, -0.2) is 29.8 Å². The molecule has 5 nitrogen and oxygen atoms in total. The van der Waals surface area contributed by atoms with Crippen LogP contribution >= 0.6 is 0 Å². The van der Waals surface area contributed by atoms with Gasteiger partial charge in [0.2, 0.25) is 5.91 Å². The fourth-order valence-electron chi connectivity index (χ4n) is 3.02. The van der Waals surface area contributed by atoms with Gasteiger partial charge in [0.15, 0.2) is 0 Å². The number of hydrogen-bond acceptors (Lipinski definition) is 3. The number of para-hydroxylation sites is 2. The molecule has 1 aliphatic heterocycles. The molecule has 0 saturated carbocycles. The van der Waals surface area contributed by atoms with Crippen molar-refractivity contribution in [2.24, 2.45) is 11.7 Å². The molecule has 1 atom stereocenters. The average Bonchev–Trinajstić information content (AvgIpc) is 2.62. The normalized spacial score (nSPS) is 17.3. The molecule has 1 aliphatic rings. The predicted octanol–water partition coefficient (Wildman–Crippen LogP) is 2.77. The Labute approximate surface area is 141 Å². The Hall–Kier alpha value is -2.82. The maximum Gasteiger partial charge on any atom is 0.255 e. The molecule has 124 valence electrons. The van der Waals surface area contributed by atoms with Gasteiger partial charge < -0.3 is 16.0 Å². The third-order valence-corrected chi connectivity index (χ3v) is 4.32. The van der Waals surface area contributed by atoms with Gasteiger partial charge in [0.1, 0.15) is 0 Å². The van der Waals surface area contributed by atoms with E-state index in [1.165, 1.54) is 0 Å². The number of nitrogens with two attached hydrogens (primary N) is 1. The van der Waals surface area contributed by atoms with Gasteiger partial charge in [0, 0.05) is 18.8 Å². The third kappa shape index (κ3) is 3.56. The monoisotopic (exact) mass is 323 g/mol. The third-order valence-electron chi connectivity index (χ3n) is 4.32. The van der Waals surface area contributed by atoms with Gasteiger partial charge in [-0.2, -0.15) is 0 Å². The summed E-state index contributed by atoms with van der Waals surface area (Å²) in [6, 6.07) is 17.2. The van der Waals surface area contributed by atoms with Gasteiger partial charge in [0.05, 0.1) is 17.2 Å². The highest BCUT2D eigenvalue weighted by Gasteiger charge is 2.28. The largest absolute Gasteiger partial charge is 0.369 e. The minimum absolute atomic E-state index is 0.0695. The number of anilines is 2. The topological polar surface area (TPSA) is 75.4 Å². The van der Waals surface area contributed by atoms with Crippen molar-refractivity contribution in [2.45, 2.75) is 12.8 Å². The van der Waals surface area contributed by atoms with Crippen LogP contribution in [0.3, 0.4) is 0 Å². The summed E-state index contributed by atoms with van der Waals surface area (Å²) in [5.41, 5.74) is 7.70. The first-order valence-corrected chi connectivity index (χ1v) is 8.15. The van der Waals surface area contributed by atoms with Crippen molar-refractivity contribution in [2.75, 3.05) is 18.4 Å². The van der Waals surface area contributed by atoms with Crippen molar-refractivity contribution in [3.8, 4) is 0 Å². The first-order chi connectivity index (χ1) is 11.6. The van der Waals surface area contributed by atoms with Gasteiger partial charge in [-0.1, -0.05) is 30.3 Å². The number of amides is 2. The van der Waals surface area contributed by atoms with Crippen LogP contribution in [-0.2, 0) is 4.79 Å². The van der Waals surface area contributed by atoms with Gasteiger partial charge in [-0.15, -0.1) is 0 Å². The van der Waals surface area contributed by atoms with E-state index in [2.05, 4.69) is 5.32 Å². The van der Waals surface area contributed by atoms with Crippen molar-refractivity contribution < 1.29 is 9.59 Å². The van der Waals surface area contributed by atoms with Crippen LogP contribution in [0.4, 0.5) is 11.4 Å². The summed E-state index contributed by atoms with van der Waals surface area (Å²) in [6.45, 7) is 1.05. The predicted molar refractivity (Wildman–Crippen MR) is 94.0 cm³/mol. The fourth-order valence-corrected chi connectivity index (χ4v) is 3.02. The number of nitrogens with zero attached hydrogens (tertiary/aromatic N) is 1. The second-order valence-corrected chi connectivity index (χ2v) is 6.03. The first kappa shape index (κ1) is 16.1. The summed E-state index contributed by atoms with van der Waals surface area (Å²) < 4.78 is 0. The zero-order valence-electron chi connectivity index (χ0n) is 13.4. The number of carbonyl (C=O) groups excluding carboxylic acids is 2. The number of likely N-dealkylation sites (tertiary alicyclic amines) is 1. The minimum Gasteiger partial charge on any atom is -0.369 e. The van der Waals surface area contributed by atoms with Crippen LogP contribution in [0.2, 0.25) is 0 Å². The van der Waals surface area contributed by atoms with Crippen molar-refractivity contribution in [1.82, 2.24) is 4.90 Å². The molecule has 5 heteroatoms. The summed E-state index contributed by atoms with van der Waals surface area (Å²) >= 11 is 0. The van der Waals surface area contributed by atoms with E-state index >= 15 is 0 Å². The highest BCUT2D eigenvalue weighted by Crippen LogP contribution is 2.24. The van der Waals surface area contributed by atoms with E-state index in [4.69, 9.17) is 5.73 Å². The van der Waals surface area contributed by atoms with Crippen molar-refractivity contribution in [3.63, 3.8) is 0 Å². The molecule has 2 amide bonds. The van der Waals surface area contributed by atoms with Gasteiger partial charge >= 0.3 is 0 Å². The standard InChI is InChI=1S/C19H21N3O2/c20-18(23)14-7-6-12-22(13-14)19(24)16-10-4-5-11-17(16)21-15-8-2-1-3-9-15/h1-5,8-11,14,21H,6-7,12-13H2,(H2,20,23)/t14-/m1/s1. The zero-order valence-corrected chi connectivity index (χ0v) is 13.4. The molecular weight excluding hydrogens is 302 g/mol. The van der Waals surface area contributed by atoms with Crippen LogP contribution in [0.25, 0.3) is 0 Å². The van der Waals surface area contributed by atoms with E-state index in [0.717, 1.165) is 24.2 Å². The Morgan fingerprint density at radius 3 is 2.50 bits per heavy atom. The fraction of sp³-hybridized carbons (Fsp3) is 0.263. The Bertz CT molecular complexity index is 730. The van der Waals surface area contributed by atoms with E-state index in [-0.39, 0.29) is 17.7 Å². The van der Waals surface area contributed by atoms with Crippen LogP contribution in [0, 0.1) is 5.92 Å². The number of piperidine rings is 1. The van der Waals surface area contributed by atoms with Crippen molar-refractivity contribution in [3.05, 3.63) is 60.2 Å². The van der Waals surface area contributed by atoms with E-state index in [9.17, 15) is 9.59 Å². The Morgan fingerprint density at radius 1 is 1.04 bits per heavy atom. The molecule has 0 radical (unpaired) electrons. The molecule has 2 aromatic rings. The lowest BCUT2D eigenvalue weighted by molar-refractivity contribution is -0.123. The first-order valence-electron chi connectivity index (χ1n) is 8.15. The van der Waals surface area contributed by atoms with Crippen LogP contribution in [0.1, 0.15) is 23.2 Å². The quantitative estimate of drug-likeness (QED) is 0.908. The molecule has 0 aromatic heterocycles. The summed E-state index contributed by atoms with van der Waals surface area (Å²) in [7, 11) is 0. The molecule has 2 aromatic carbocycles. The second-order valence-electron chi connectivity index (χ2n) is 6.03. The lowest BCUT2D eigenvalue weighted by Crippen LogP contribution is -2.44. The van der Waals surface area contributed by atoms with Crippen LogP contribution < -0.4 is 11.1 Å². The summed E-state index contributed by atoms with van der Waals surface area (Å²) in [4.78, 5) is 26.1. The van der Waals surface area contributed by atoms with Crippen LogP contribution in [0.15, 0.2) is 54.6 Å². The summed E-state index contributed by atoms with van der Waals surface area (Å²) in [5.74, 6) is -0.653. The number of nitrogens with one attached hydrogen (secondary N) is 1. The number of primary amides is 1. The zero-order chi connectivity index (χ0) is 16.9. The SMILES string of the molecule is NC(=O)[C@@H]1CCCN(C(=O)c2ccccc2Nc2ccccc2)C1. The number of rotatable bonds is 4. The Balaban J connectivity index is 1.81. The van der Waals surface area contributed by atoms with Gasteiger partial charge in [-0.05, 0) is 37.1 Å². The molecular formula is C19H21N3O2. The van der Waals surface area contributed by atoms with Crippen molar-refractivity contribution in [1.29, 1.82) is 0 Å². The average molecular weight is 323 g/mol. The van der Waals surface area contributed by atoms with Crippen molar-refractivity contribution >= 4 is 23.2 Å². The highest BCUT2D eigenvalue weighted by atomic mass is 16.2. The Morgan fingerprint density at radius 2 is 1.75 bits per heavy atom. The molecule has 3 N–H and O–H groups in total. The Kier molecular flexibility index (Phi) is 4.79. The van der Waals surface area contributed by atoms with E-state index < -0.39 is 0 Å². The lowest BCUT2D eigenvalue weighted by atomic mass is 9.96. The molecule has 3 rings (SSSR count). The maximum absolute atomic E-state index is 12.9. The molecule has 1 heterocycles. The summed E-state index contributed by atoms with van der Waals surface area (Å²) in [6.07, 6.45) is 1.55. The number of benzene rings is 2. The number of carbonyl (C=O) groups is 2. The molecule has 0 unspecified atom stereocenters. The van der Waals surface area contributed by atoms with Gasteiger partial charge in [-0.25, -0.2) is 0 Å². The molecule has 0 spiro atoms. The number of hydrogen-bond donors (Lipinski definition) is 2. The molecule has 0 bridgehead atoms. The smallest absolute Gasteiger partial charge is 0.255 e. The van der Waals surface area contributed by atoms with E-state index in [0.29, 0.717) is 18.7 Å². The summed E-state index contributed by atoms with van der Waals surface area (Å²) in [5, 5.41) is 3.29. The molecule has 24 heavy (non-hydrogen) atoms. The van der Waals surface area contributed by atoms with E-state index in [1.54, 1.807) is 4.90 Å². The van der Waals surface area contributed by atoms with Gasteiger partial charge in [0.25, 0.3) is 5.91 Å². The van der Waals surface area contributed by atoms with Crippen LogP contribution in [0.5, 0.6) is 0 Å². The lowest BCUT2D eigenvalue weighted by Gasteiger charge is -2.31. The minimum atomic E-state index is -0.330. The highest BCUT2D eigenvalue weighted by molar-refractivity contribution is 6.00. The van der Waals surface area contributed by atoms with Gasteiger partial charge in [-0.3, -0.25) is 9.59 Å². The molecule has 1 saturated heterocycles.